The molecule has 2 rings (SSSR count). The highest BCUT2D eigenvalue weighted by atomic mass is 35.5. The molecule has 0 bridgehead atoms. The molecule has 92 valence electrons. The molecule has 3 nitrogen and oxygen atoms in total. The van der Waals surface area contributed by atoms with Crippen LogP contribution in [0.25, 0.3) is 0 Å². The van der Waals surface area contributed by atoms with Gasteiger partial charge in [-0.3, -0.25) is 4.79 Å². The van der Waals surface area contributed by atoms with Gasteiger partial charge in [0.2, 0.25) is 0 Å². The van der Waals surface area contributed by atoms with E-state index in [2.05, 4.69) is 5.32 Å². The summed E-state index contributed by atoms with van der Waals surface area (Å²) in [6.45, 7) is 4.40. The molecule has 0 unspecified atom stereocenters. The second kappa shape index (κ2) is 5.25. The molecule has 1 amide bonds. The van der Waals surface area contributed by atoms with Gasteiger partial charge in [0.25, 0.3) is 5.91 Å². The lowest BCUT2D eigenvalue weighted by Crippen LogP contribution is -2.58. The zero-order valence-corrected chi connectivity index (χ0v) is 11.1. The molecule has 0 aromatic heterocycles. The molecule has 1 heterocycles. The first-order chi connectivity index (χ1) is 8.13. The minimum atomic E-state index is 0.0116. The van der Waals surface area contributed by atoms with Crippen molar-refractivity contribution in [1.82, 2.24) is 10.2 Å². The second-order valence-corrected chi connectivity index (χ2v) is 4.85. The summed E-state index contributed by atoms with van der Waals surface area (Å²) in [6, 6.07) is 5.29. The molecule has 1 aliphatic heterocycles. The van der Waals surface area contributed by atoms with Crippen molar-refractivity contribution in [1.29, 1.82) is 0 Å². The van der Waals surface area contributed by atoms with Crippen molar-refractivity contribution in [3.8, 4) is 0 Å². The number of nitrogens with zero attached hydrogens (tertiary/aromatic N) is 1. The molecule has 0 aliphatic carbocycles. The number of rotatable bonds is 3. The van der Waals surface area contributed by atoms with Crippen LogP contribution in [-0.2, 0) is 0 Å². The van der Waals surface area contributed by atoms with Gasteiger partial charge in [0.05, 0.1) is 16.1 Å². The predicted molar refractivity (Wildman–Crippen MR) is 69.8 cm³/mol. The van der Waals surface area contributed by atoms with Crippen LogP contribution >= 0.6 is 23.2 Å². The molecule has 0 saturated carbocycles. The highest BCUT2D eigenvalue weighted by Gasteiger charge is 2.28. The summed E-state index contributed by atoms with van der Waals surface area (Å²) >= 11 is 11.8. The lowest BCUT2D eigenvalue weighted by atomic mass is 10.1. The quantitative estimate of drug-likeness (QED) is 0.917. The van der Waals surface area contributed by atoms with Gasteiger partial charge in [-0.2, -0.15) is 0 Å². The van der Waals surface area contributed by atoms with Crippen molar-refractivity contribution in [3.63, 3.8) is 0 Å². The topological polar surface area (TPSA) is 32.3 Å². The van der Waals surface area contributed by atoms with Crippen LogP contribution < -0.4 is 5.32 Å². The minimum absolute atomic E-state index is 0.0116. The van der Waals surface area contributed by atoms with Gasteiger partial charge in [0.1, 0.15) is 0 Å². The summed E-state index contributed by atoms with van der Waals surface area (Å²) in [5.74, 6) is 0.0116. The Balaban J connectivity index is 2.19. The van der Waals surface area contributed by atoms with Crippen LogP contribution in [0.15, 0.2) is 18.2 Å². The fourth-order valence-corrected chi connectivity index (χ4v) is 2.15. The normalized spacial score (nSPS) is 15.5. The SMILES string of the molecule is CCN(C(=O)c1ccc(Cl)c(Cl)c1)C1CNC1. The summed E-state index contributed by atoms with van der Waals surface area (Å²) in [5, 5.41) is 4.05. The average Bonchev–Trinajstić information content (AvgIpc) is 2.26. The van der Waals surface area contributed by atoms with Gasteiger partial charge >= 0.3 is 0 Å². The number of hydrogen-bond donors (Lipinski definition) is 1. The largest absolute Gasteiger partial charge is 0.333 e. The summed E-state index contributed by atoms with van der Waals surface area (Å²) < 4.78 is 0. The molecule has 1 N–H and O–H groups in total. The highest BCUT2D eigenvalue weighted by molar-refractivity contribution is 6.42. The van der Waals surface area contributed by atoms with Crippen LogP contribution in [0, 0.1) is 0 Å². The Bertz CT molecular complexity index is 433. The third kappa shape index (κ3) is 2.57. The van der Waals surface area contributed by atoms with Crippen LogP contribution in [-0.4, -0.2) is 36.5 Å². The standard InChI is InChI=1S/C12H14Cl2N2O/c1-2-16(9-6-15-7-9)12(17)8-3-4-10(13)11(14)5-8/h3-5,9,15H,2,6-7H2,1H3. The van der Waals surface area contributed by atoms with E-state index in [1.54, 1.807) is 18.2 Å². The Morgan fingerprint density at radius 1 is 1.41 bits per heavy atom. The minimum Gasteiger partial charge on any atom is -0.333 e. The Labute approximate surface area is 111 Å². The van der Waals surface area contributed by atoms with Crippen molar-refractivity contribution in [3.05, 3.63) is 33.8 Å². The molecule has 0 radical (unpaired) electrons. The number of amides is 1. The van der Waals surface area contributed by atoms with Crippen LogP contribution in [0.1, 0.15) is 17.3 Å². The molecule has 1 aromatic rings. The summed E-state index contributed by atoms with van der Waals surface area (Å²) in [7, 11) is 0. The summed E-state index contributed by atoms with van der Waals surface area (Å²) in [6.07, 6.45) is 0. The van der Waals surface area contributed by atoms with Crippen molar-refractivity contribution >= 4 is 29.1 Å². The van der Waals surface area contributed by atoms with E-state index in [9.17, 15) is 4.79 Å². The highest BCUT2D eigenvalue weighted by Crippen LogP contribution is 2.23. The van der Waals surface area contributed by atoms with E-state index < -0.39 is 0 Å². The van der Waals surface area contributed by atoms with E-state index in [0.29, 0.717) is 28.2 Å². The number of hydrogen-bond acceptors (Lipinski definition) is 2. The van der Waals surface area contributed by atoms with Gasteiger partial charge in [-0.1, -0.05) is 23.2 Å². The monoisotopic (exact) mass is 272 g/mol. The predicted octanol–water partition coefficient (Wildman–Crippen LogP) is 2.43. The molecule has 0 atom stereocenters. The average molecular weight is 273 g/mol. The molecule has 0 spiro atoms. The molecular formula is C12H14Cl2N2O. The third-order valence-corrected chi connectivity index (χ3v) is 3.71. The van der Waals surface area contributed by atoms with Crippen molar-refractivity contribution < 1.29 is 4.79 Å². The molecule has 1 aliphatic rings. The Morgan fingerprint density at radius 3 is 2.59 bits per heavy atom. The van der Waals surface area contributed by atoms with Crippen molar-refractivity contribution in [2.75, 3.05) is 19.6 Å². The fourth-order valence-electron chi connectivity index (χ4n) is 1.86. The lowest BCUT2D eigenvalue weighted by Gasteiger charge is -2.37. The molecule has 1 saturated heterocycles. The zero-order chi connectivity index (χ0) is 12.4. The van der Waals surface area contributed by atoms with Crippen LogP contribution in [0.4, 0.5) is 0 Å². The van der Waals surface area contributed by atoms with Gasteiger partial charge in [0, 0.05) is 25.2 Å². The van der Waals surface area contributed by atoms with E-state index in [4.69, 9.17) is 23.2 Å². The van der Waals surface area contributed by atoms with Crippen molar-refractivity contribution in [2.45, 2.75) is 13.0 Å². The Kier molecular flexibility index (Phi) is 3.92. The van der Waals surface area contributed by atoms with E-state index >= 15 is 0 Å². The van der Waals surface area contributed by atoms with Crippen LogP contribution in [0.2, 0.25) is 10.0 Å². The smallest absolute Gasteiger partial charge is 0.254 e. The van der Waals surface area contributed by atoms with E-state index in [1.807, 2.05) is 11.8 Å². The van der Waals surface area contributed by atoms with Gasteiger partial charge < -0.3 is 10.2 Å². The zero-order valence-electron chi connectivity index (χ0n) is 9.54. The molecule has 1 fully saturated rings. The number of likely N-dealkylation sites (N-methyl/N-ethyl adjacent to an activating group) is 1. The third-order valence-electron chi connectivity index (χ3n) is 2.97. The lowest BCUT2D eigenvalue weighted by molar-refractivity contribution is 0.0630. The van der Waals surface area contributed by atoms with E-state index in [-0.39, 0.29) is 5.91 Å². The second-order valence-electron chi connectivity index (χ2n) is 4.03. The maximum Gasteiger partial charge on any atom is 0.254 e. The number of halogens is 2. The van der Waals surface area contributed by atoms with Gasteiger partial charge in [-0.25, -0.2) is 0 Å². The van der Waals surface area contributed by atoms with E-state index in [1.165, 1.54) is 0 Å². The first-order valence-corrected chi connectivity index (χ1v) is 6.35. The molecule has 1 aromatic carbocycles. The van der Waals surface area contributed by atoms with Crippen molar-refractivity contribution in [2.24, 2.45) is 0 Å². The van der Waals surface area contributed by atoms with Gasteiger partial charge in [0.15, 0.2) is 0 Å². The fraction of sp³-hybridized carbons (Fsp3) is 0.417. The number of benzene rings is 1. The molecular weight excluding hydrogens is 259 g/mol. The van der Waals surface area contributed by atoms with Gasteiger partial charge in [-0.15, -0.1) is 0 Å². The van der Waals surface area contributed by atoms with Gasteiger partial charge in [-0.05, 0) is 25.1 Å². The Hall–Kier alpha value is -0.770. The number of carbonyl (C=O) groups is 1. The first-order valence-electron chi connectivity index (χ1n) is 5.60. The molecule has 17 heavy (non-hydrogen) atoms. The Morgan fingerprint density at radius 2 is 2.12 bits per heavy atom. The van der Waals surface area contributed by atoms with Crippen LogP contribution in [0.3, 0.4) is 0 Å². The first kappa shape index (κ1) is 12.7. The number of carbonyl (C=O) groups excluding carboxylic acids is 1. The maximum atomic E-state index is 12.3. The summed E-state index contributed by atoms with van der Waals surface area (Å²) in [4.78, 5) is 14.1. The molecule has 5 heteroatoms. The summed E-state index contributed by atoms with van der Waals surface area (Å²) in [5.41, 5.74) is 0.591. The van der Waals surface area contributed by atoms with Crippen LogP contribution in [0.5, 0.6) is 0 Å². The maximum absolute atomic E-state index is 12.3. The number of nitrogens with one attached hydrogen (secondary N) is 1. The van der Waals surface area contributed by atoms with E-state index in [0.717, 1.165) is 13.1 Å².